The van der Waals surface area contributed by atoms with Crippen molar-refractivity contribution in [2.24, 2.45) is 11.8 Å². The molecule has 0 fully saturated rings. The molecular formula is C21H34O2. The maximum absolute atomic E-state index is 12.1. The number of methoxy groups -OCH3 is 1. The van der Waals surface area contributed by atoms with Crippen LogP contribution in [-0.2, 0) is 9.53 Å². The zero-order valence-electron chi connectivity index (χ0n) is 15.8. The molecule has 0 aromatic carbocycles. The third-order valence-corrected chi connectivity index (χ3v) is 4.88. The van der Waals surface area contributed by atoms with Gasteiger partial charge < -0.3 is 4.74 Å². The van der Waals surface area contributed by atoms with Crippen LogP contribution in [0, 0.1) is 11.8 Å². The van der Waals surface area contributed by atoms with Gasteiger partial charge in [-0.3, -0.25) is 4.79 Å². The Labute approximate surface area is 142 Å². The molecule has 1 aliphatic rings. The SMILES string of the molecule is CO[C@@]1(C)/C=C/C(C(C)C)CC/C(C)=C\C(=O)C/C(C)=C/CC1. The zero-order valence-corrected chi connectivity index (χ0v) is 15.8. The van der Waals surface area contributed by atoms with Crippen molar-refractivity contribution in [3.8, 4) is 0 Å². The van der Waals surface area contributed by atoms with Gasteiger partial charge in [0, 0.05) is 13.5 Å². The normalized spacial score (nSPS) is 34.2. The molecule has 0 saturated carbocycles. The average Bonchev–Trinajstić information content (AvgIpc) is 2.45. The lowest BCUT2D eigenvalue weighted by Crippen LogP contribution is -2.24. The van der Waals surface area contributed by atoms with E-state index in [9.17, 15) is 4.79 Å². The minimum absolute atomic E-state index is 0.222. The molecule has 0 aromatic rings. The van der Waals surface area contributed by atoms with E-state index in [0.717, 1.165) is 31.3 Å². The van der Waals surface area contributed by atoms with Gasteiger partial charge in [-0.2, -0.15) is 0 Å². The van der Waals surface area contributed by atoms with Crippen LogP contribution < -0.4 is 0 Å². The van der Waals surface area contributed by atoms with E-state index < -0.39 is 0 Å². The van der Waals surface area contributed by atoms with Crippen molar-refractivity contribution in [2.45, 2.75) is 72.3 Å². The van der Waals surface area contributed by atoms with Crippen molar-refractivity contribution < 1.29 is 9.53 Å². The molecule has 0 saturated heterocycles. The number of ether oxygens (including phenoxy) is 1. The first-order chi connectivity index (χ1) is 10.8. The second-order valence-electron chi connectivity index (χ2n) is 7.55. The van der Waals surface area contributed by atoms with Crippen LogP contribution in [0.3, 0.4) is 0 Å². The first-order valence-corrected chi connectivity index (χ1v) is 8.86. The molecule has 1 unspecified atom stereocenters. The fourth-order valence-electron chi connectivity index (χ4n) is 2.98. The van der Waals surface area contributed by atoms with E-state index >= 15 is 0 Å². The molecule has 0 amide bonds. The van der Waals surface area contributed by atoms with Crippen LogP contribution >= 0.6 is 0 Å². The summed E-state index contributed by atoms with van der Waals surface area (Å²) in [5.74, 6) is 1.33. The lowest BCUT2D eigenvalue weighted by molar-refractivity contribution is -0.114. The van der Waals surface area contributed by atoms with Crippen molar-refractivity contribution in [1.82, 2.24) is 0 Å². The van der Waals surface area contributed by atoms with Gasteiger partial charge in [0.25, 0.3) is 0 Å². The van der Waals surface area contributed by atoms with E-state index in [2.05, 4.69) is 45.9 Å². The van der Waals surface area contributed by atoms with Crippen molar-refractivity contribution >= 4 is 5.78 Å². The maximum atomic E-state index is 12.1. The summed E-state index contributed by atoms with van der Waals surface area (Å²) in [6, 6.07) is 0. The molecule has 1 rings (SSSR count). The van der Waals surface area contributed by atoms with Crippen LogP contribution in [0.2, 0.25) is 0 Å². The summed E-state index contributed by atoms with van der Waals surface area (Å²) in [6.07, 6.45) is 13.0. The van der Waals surface area contributed by atoms with Crippen molar-refractivity contribution in [1.29, 1.82) is 0 Å². The predicted molar refractivity (Wildman–Crippen MR) is 98.5 cm³/mol. The topological polar surface area (TPSA) is 26.3 Å². The summed E-state index contributed by atoms with van der Waals surface area (Å²) in [5, 5.41) is 0. The van der Waals surface area contributed by atoms with E-state index in [0.29, 0.717) is 18.3 Å². The third-order valence-electron chi connectivity index (χ3n) is 4.88. The number of carbonyl (C=O) groups excluding carboxylic acids is 1. The molecule has 1 aliphatic carbocycles. The molecule has 130 valence electrons. The Morgan fingerprint density at radius 2 is 1.96 bits per heavy atom. The highest BCUT2D eigenvalue weighted by Gasteiger charge is 2.20. The number of hydrogen-bond acceptors (Lipinski definition) is 2. The monoisotopic (exact) mass is 318 g/mol. The minimum atomic E-state index is -0.233. The number of ketones is 1. The molecule has 0 aromatic heterocycles. The molecule has 2 heteroatoms. The Balaban J connectivity index is 3.03. The highest BCUT2D eigenvalue weighted by Crippen LogP contribution is 2.26. The first-order valence-electron chi connectivity index (χ1n) is 8.86. The minimum Gasteiger partial charge on any atom is -0.374 e. The second-order valence-corrected chi connectivity index (χ2v) is 7.55. The van der Waals surface area contributed by atoms with Gasteiger partial charge in [0.15, 0.2) is 5.78 Å². The number of rotatable bonds is 2. The Bertz CT molecular complexity index is 482. The highest BCUT2D eigenvalue weighted by molar-refractivity contribution is 5.91. The summed E-state index contributed by atoms with van der Waals surface area (Å²) in [5.41, 5.74) is 2.11. The summed E-state index contributed by atoms with van der Waals surface area (Å²) >= 11 is 0. The Morgan fingerprint density at radius 3 is 2.57 bits per heavy atom. The van der Waals surface area contributed by atoms with Crippen LogP contribution in [-0.4, -0.2) is 18.5 Å². The van der Waals surface area contributed by atoms with Crippen molar-refractivity contribution in [3.63, 3.8) is 0 Å². The quantitative estimate of drug-likeness (QED) is 0.615. The van der Waals surface area contributed by atoms with E-state index in [4.69, 9.17) is 4.74 Å². The summed E-state index contributed by atoms with van der Waals surface area (Å²) in [7, 11) is 1.78. The number of carbonyl (C=O) groups is 1. The van der Waals surface area contributed by atoms with Gasteiger partial charge in [-0.15, -0.1) is 0 Å². The van der Waals surface area contributed by atoms with Crippen LogP contribution in [0.1, 0.15) is 66.7 Å². The molecule has 23 heavy (non-hydrogen) atoms. The fraction of sp³-hybridized carbons (Fsp3) is 0.667. The van der Waals surface area contributed by atoms with E-state index in [1.54, 1.807) is 7.11 Å². The van der Waals surface area contributed by atoms with Crippen molar-refractivity contribution in [2.75, 3.05) is 7.11 Å². The van der Waals surface area contributed by atoms with Crippen LogP contribution in [0.4, 0.5) is 0 Å². The Hall–Kier alpha value is -1.15. The molecule has 2 atom stereocenters. The summed E-state index contributed by atoms with van der Waals surface area (Å²) in [4.78, 5) is 12.1. The highest BCUT2D eigenvalue weighted by atomic mass is 16.5. The molecule has 0 spiro atoms. The standard InChI is InChI=1S/C21H34O2/c1-16(2)19-10-9-18(4)15-20(22)14-17(3)8-7-12-21(5,23-6)13-11-19/h8,11,13,15-16,19H,7,9-10,12,14H2,1-6H3/b13-11+,17-8+,18-15-/t19?,21-/m1/s1. The molecular weight excluding hydrogens is 284 g/mol. The third kappa shape index (κ3) is 7.30. The number of hydrogen-bond donors (Lipinski definition) is 0. The van der Waals surface area contributed by atoms with Crippen LogP contribution in [0.15, 0.2) is 35.5 Å². The lowest BCUT2D eigenvalue weighted by Gasteiger charge is -2.26. The van der Waals surface area contributed by atoms with E-state index in [-0.39, 0.29) is 11.4 Å². The average molecular weight is 319 g/mol. The maximum Gasteiger partial charge on any atom is 0.159 e. The van der Waals surface area contributed by atoms with Gasteiger partial charge in [-0.25, -0.2) is 0 Å². The molecule has 0 N–H and O–H groups in total. The fourth-order valence-corrected chi connectivity index (χ4v) is 2.98. The van der Waals surface area contributed by atoms with Crippen molar-refractivity contribution in [3.05, 3.63) is 35.5 Å². The largest absolute Gasteiger partial charge is 0.374 e. The first kappa shape index (κ1) is 19.9. The van der Waals surface area contributed by atoms with Crippen LogP contribution in [0.25, 0.3) is 0 Å². The zero-order chi connectivity index (χ0) is 17.5. The molecule has 0 heterocycles. The van der Waals surface area contributed by atoms with Gasteiger partial charge >= 0.3 is 0 Å². The lowest BCUT2D eigenvalue weighted by atomic mass is 9.86. The Kier molecular flexibility index (Phi) is 7.98. The summed E-state index contributed by atoms with van der Waals surface area (Å²) < 4.78 is 5.75. The van der Waals surface area contributed by atoms with Gasteiger partial charge in [0.1, 0.15) is 0 Å². The molecule has 2 nitrogen and oxygen atoms in total. The predicted octanol–water partition coefficient (Wildman–Crippen LogP) is 5.65. The molecule has 0 bridgehead atoms. The summed E-state index contributed by atoms with van der Waals surface area (Å²) in [6.45, 7) is 10.8. The van der Waals surface area contributed by atoms with E-state index in [1.165, 1.54) is 5.57 Å². The smallest absolute Gasteiger partial charge is 0.159 e. The second kappa shape index (κ2) is 9.22. The molecule has 0 radical (unpaired) electrons. The number of allylic oxidation sites excluding steroid dienone is 5. The van der Waals surface area contributed by atoms with Gasteiger partial charge in [0.05, 0.1) is 5.60 Å². The Morgan fingerprint density at radius 1 is 1.26 bits per heavy atom. The molecule has 0 aliphatic heterocycles. The van der Waals surface area contributed by atoms with Gasteiger partial charge in [0.2, 0.25) is 0 Å². The van der Waals surface area contributed by atoms with Gasteiger partial charge in [-0.1, -0.05) is 43.2 Å². The van der Waals surface area contributed by atoms with Crippen LogP contribution in [0.5, 0.6) is 0 Å². The van der Waals surface area contributed by atoms with E-state index in [1.807, 2.05) is 13.0 Å². The van der Waals surface area contributed by atoms with Gasteiger partial charge in [-0.05, 0) is 64.4 Å².